The molecule has 1 atom stereocenters. The number of ether oxygens (including phenoxy) is 2. The Kier molecular flexibility index (Phi) is 6.85. The van der Waals surface area contributed by atoms with Crippen molar-refractivity contribution in [2.24, 2.45) is 0 Å². The first-order valence-electron chi connectivity index (χ1n) is 11.1. The molecular formula is C26H26N2O6. The van der Waals surface area contributed by atoms with Crippen LogP contribution in [0.25, 0.3) is 11.1 Å². The maximum absolute atomic E-state index is 13.1. The molecule has 176 valence electrons. The summed E-state index contributed by atoms with van der Waals surface area (Å²) in [6.07, 6.45) is 4.68. The molecule has 4 rings (SSSR count). The van der Waals surface area contributed by atoms with Crippen molar-refractivity contribution >= 4 is 18.0 Å². The third-order valence-electron chi connectivity index (χ3n) is 6.39. The lowest BCUT2D eigenvalue weighted by molar-refractivity contribution is -0.143. The van der Waals surface area contributed by atoms with Crippen molar-refractivity contribution in [2.75, 3.05) is 19.8 Å². The zero-order valence-corrected chi connectivity index (χ0v) is 18.6. The van der Waals surface area contributed by atoms with Gasteiger partial charge in [0.1, 0.15) is 18.2 Å². The predicted octanol–water partition coefficient (Wildman–Crippen LogP) is 2.67. The van der Waals surface area contributed by atoms with Gasteiger partial charge in [0.15, 0.2) is 0 Å². The minimum absolute atomic E-state index is 0.100. The third-order valence-corrected chi connectivity index (χ3v) is 6.39. The molecule has 8 nitrogen and oxygen atoms in total. The van der Waals surface area contributed by atoms with Crippen LogP contribution in [0.5, 0.6) is 0 Å². The highest BCUT2D eigenvalue weighted by molar-refractivity contribution is 5.93. The van der Waals surface area contributed by atoms with Crippen LogP contribution in [0.4, 0.5) is 4.79 Å². The van der Waals surface area contributed by atoms with Gasteiger partial charge in [-0.25, -0.2) is 9.59 Å². The molecule has 0 aromatic heterocycles. The molecule has 2 amide bonds. The summed E-state index contributed by atoms with van der Waals surface area (Å²) >= 11 is 0. The highest BCUT2D eigenvalue weighted by Crippen LogP contribution is 2.44. The van der Waals surface area contributed by atoms with E-state index in [0.29, 0.717) is 0 Å². The number of hydrogen-bond donors (Lipinski definition) is 3. The molecule has 2 aromatic rings. The first-order chi connectivity index (χ1) is 16.4. The fraction of sp³-hybridized carbons (Fsp3) is 0.346. The van der Waals surface area contributed by atoms with E-state index in [0.717, 1.165) is 22.3 Å². The number of carboxylic acids is 1. The molecule has 1 fully saturated rings. The molecule has 3 N–H and O–H groups in total. The lowest BCUT2D eigenvalue weighted by atomic mass is 9.88. The number of carbonyl (C=O) groups is 3. The molecular weight excluding hydrogens is 436 g/mol. The Morgan fingerprint density at radius 1 is 1.09 bits per heavy atom. The highest BCUT2D eigenvalue weighted by atomic mass is 16.5. The van der Waals surface area contributed by atoms with E-state index in [1.165, 1.54) is 0 Å². The van der Waals surface area contributed by atoms with Crippen molar-refractivity contribution in [2.45, 2.75) is 36.8 Å². The van der Waals surface area contributed by atoms with Crippen LogP contribution in [0.2, 0.25) is 0 Å². The molecule has 0 saturated carbocycles. The Morgan fingerprint density at radius 3 is 2.24 bits per heavy atom. The first-order valence-corrected chi connectivity index (χ1v) is 11.1. The lowest BCUT2D eigenvalue weighted by Crippen LogP contribution is -2.63. The van der Waals surface area contributed by atoms with E-state index in [9.17, 15) is 19.5 Å². The molecule has 34 heavy (non-hydrogen) atoms. The van der Waals surface area contributed by atoms with Gasteiger partial charge in [0.25, 0.3) is 0 Å². The van der Waals surface area contributed by atoms with Gasteiger partial charge in [-0.1, -0.05) is 48.5 Å². The minimum atomic E-state index is -1.34. The van der Waals surface area contributed by atoms with Crippen molar-refractivity contribution in [1.82, 2.24) is 10.6 Å². The second kappa shape index (κ2) is 9.98. The average molecular weight is 463 g/mol. The normalized spacial score (nSPS) is 16.9. The van der Waals surface area contributed by atoms with Crippen LogP contribution in [0.1, 0.15) is 36.3 Å². The number of aliphatic carboxylic acids is 1. The van der Waals surface area contributed by atoms with Crippen LogP contribution in [-0.2, 0) is 19.1 Å². The number of terminal acetylenes is 1. The molecule has 8 heteroatoms. The standard InChI is InChI=1S/C26H26N2O6/c1-2-7-22(23(29)30)27-24(31)26(12-14-33-15-13-26)28-25(32)34-16-21-19-10-5-3-8-17(19)18-9-4-6-11-20(18)21/h1,3-6,8-11,21-22H,7,12-16H2,(H,27,31)(H,28,32)(H,29,30). The number of carboxylic acid groups (broad SMARTS) is 1. The van der Waals surface area contributed by atoms with Gasteiger partial charge in [-0.05, 0) is 22.3 Å². The molecule has 2 aliphatic rings. The van der Waals surface area contributed by atoms with Crippen molar-refractivity contribution in [3.8, 4) is 23.5 Å². The molecule has 1 unspecified atom stereocenters. The van der Waals surface area contributed by atoms with Gasteiger partial charge in [-0.15, -0.1) is 12.3 Å². The monoisotopic (exact) mass is 462 g/mol. The van der Waals surface area contributed by atoms with Gasteiger partial charge in [0, 0.05) is 38.4 Å². The number of alkyl carbamates (subject to hydrolysis) is 1. The molecule has 1 heterocycles. The smallest absolute Gasteiger partial charge is 0.408 e. The Balaban J connectivity index is 1.47. The van der Waals surface area contributed by atoms with Gasteiger partial charge >= 0.3 is 12.1 Å². The highest BCUT2D eigenvalue weighted by Gasteiger charge is 2.43. The molecule has 0 radical (unpaired) electrons. The van der Waals surface area contributed by atoms with Gasteiger partial charge in [0.2, 0.25) is 5.91 Å². The number of fused-ring (bicyclic) bond motifs is 3. The maximum atomic E-state index is 13.1. The minimum Gasteiger partial charge on any atom is -0.480 e. The number of hydrogen-bond acceptors (Lipinski definition) is 5. The average Bonchev–Trinajstić information content (AvgIpc) is 3.16. The first kappa shape index (κ1) is 23.3. The molecule has 1 aliphatic carbocycles. The van der Waals surface area contributed by atoms with Crippen LogP contribution in [0, 0.1) is 12.3 Å². The van der Waals surface area contributed by atoms with Crippen LogP contribution in [0.15, 0.2) is 48.5 Å². The Morgan fingerprint density at radius 2 is 1.68 bits per heavy atom. The number of benzene rings is 2. The van der Waals surface area contributed by atoms with E-state index in [2.05, 4.69) is 16.6 Å². The van der Waals surface area contributed by atoms with E-state index in [1.54, 1.807) is 0 Å². The second-order valence-electron chi connectivity index (χ2n) is 8.42. The number of carbonyl (C=O) groups excluding carboxylic acids is 2. The largest absolute Gasteiger partial charge is 0.480 e. The fourth-order valence-corrected chi connectivity index (χ4v) is 4.57. The summed E-state index contributed by atoms with van der Waals surface area (Å²) in [5, 5.41) is 14.5. The zero-order valence-electron chi connectivity index (χ0n) is 18.6. The molecule has 1 saturated heterocycles. The maximum Gasteiger partial charge on any atom is 0.408 e. The number of rotatable bonds is 7. The van der Waals surface area contributed by atoms with Gasteiger partial charge in [-0.3, -0.25) is 4.79 Å². The van der Waals surface area contributed by atoms with Gasteiger partial charge in [0.05, 0.1) is 0 Å². The Hall–Kier alpha value is -3.83. The Bertz CT molecular complexity index is 1090. The fourth-order valence-electron chi connectivity index (χ4n) is 4.57. The lowest BCUT2D eigenvalue weighted by Gasteiger charge is -2.36. The van der Waals surface area contributed by atoms with Crippen LogP contribution in [0.3, 0.4) is 0 Å². The van der Waals surface area contributed by atoms with E-state index < -0.39 is 29.6 Å². The van der Waals surface area contributed by atoms with Crippen molar-refractivity contribution in [3.05, 3.63) is 59.7 Å². The number of amides is 2. The van der Waals surface area contributed by atoms with Crippen LogP contribution >= 0.6 is 0 Å². The van der Waals surface area contributed by atoms with E-state index in [4.69, 9.17) is 15.9 Å². The quantitative estimate of drug-likeness (QED) is 0.545. The molecule has 0 bridgehead atoms. The summed E-state index contributed by atoms with van der Waals surface area (Å²) in [6, 6.07) is 14.7. The molecule has 1 aliphatic heterocycles. The van der Waals surface area contributed by atoms with Crippen LogP contribution < -0.4 is 10.6 Å². The van der Waals surface area contributed by atoms with Crippen molar-refractivity contribution in [1.29, 1.82) is 0 Å². The summed E-state index contributed by atoms with van der Waals surface area (Å²) in [6.45, 7) is 0.580. The third kappa shape index (κ3) is 4.61. The van der Waals surface area contributed by atoms with Crippen molar-refractivity contribution < 1.29 is 29.0 Å². The Labute approximate surface area is 197 Å². The molecule has 2 aromatic carbocycles. The topological polar surface area (TPSA) is 114 Å². The van der Waals surface area contributed by atoms with E-state index in [-0.39, 0.29) is 45.0 Å². The summed E-state index contributed by atoms with van der Waals surface area (Å²) in [5.74, 6) is 0.266. The zero-order chi connectivity index (χ0) is 24.1. The summed E-state index contributed by atoms with van der Waals surface area (Å²) in [7, 11) is 0. The molecule has 0 spiro atoms. The van der Waals surface area contributed by atoms with Crippen molar-refractivity contribution in [3.63, 3.8) is 0 Å². The summed E-state index contributed by atoms with van der Waals surface area (Å²) in [4.78, 5) is 37.3. The SMILES string of the molecule is C#CCC(NC(=O)C1(NC(=O)OCC2c3ccccc3-c3ccccc32)CCOCC1)C(=O)O. The summed E-state index contributed by atoms with van der Waals surface area (Å²) in [5.41, 5.74) is 3.03. The van der Waals surface area contributed by atoms with E-state index in [1.807, 2.05) is 48.5 Å². The predicted molar refractivity (Wildman–Crippen MR) is 124 cm³/mol. The van der Waals surface area contributed by atoms with Crippen LogP contribution in [-0.4, -0.2) is 54.5 Å². The summed E-state index contributed by atoms with van der Waals surface area (Å²) < 4.78 is 11.0. The van der Waals surface area contributed by atoms with Gasteiger partial charge in [-0.2, -0.15) is 0 Å². The number of nitrogens with one attached hydrogen (secondary N) is 2. The van der Waals surface area contributed by atoms with Gasteiger partial charge < -0.3 is 25.2 Å². The van der Waals surface area contributed by atoms with E-state index >= 15 is 0 Å². The second-order valence-corrected chi connectivity index (χ2v) is 8.42.